The zero-order valence-corrected chi connectivity index (χ0v) is 17.4. The molecule has 11 heteroatoms. The highest BCUT2D eigenvalue weighted by Gasteiger charge is 2.34. The third kappa shape index (κ3) is 6.20. The molecule has 0 unspecified atom stereocenters. The monoisotopic (exact) mass is 464 g/mol. The number of aromatic nitrogens is 1. The van der Waals surface area contributed by atoms with Gasteiger partial charge in [0, 0.05) is 24.6 Å². The first-order valence-corrected chi connectivity index (χ1v) is 10.8. The van der Waals surface area contributed by atoms with Crippen molar-refractivity contribution in [2.24, 2.45) is 0 Å². The molecule has 32 heavy (non-hydrogen) atoms. The lowest BCUT2D eigenvalue weighted by molar-refractivity contribution is -0.136. The van der Waals surface area contributed by atoms with Crippen molar-refractivity contribution in [2.75, 3.05) is 16.6 Å². The number of nitrogens with zero attached hydrogens (tertiary/aromatic N) is 1. The molecule has 7 nitrogen and oxygen atoms in total. The summed E-state index contributed by atoms with van der Waals surface area (Å²) in [5.41, 5.74) is -0.335. The van der Waals surface area contributed by atoms with Gasteiger partial charge in [-0.2, -0.15) is 13.2 Å². The number of hydrogen-bond acceptors (Lipinski definition) is 5. The summed E-state index contributed by atoms with van der Waals surface area (Å²) in [4.78, 5) is 15.7. The van der Waals surface area contributed by atoms with Crippen LogP contribution in [0.25, 0.3) is 0 Å². The quantitative estimate of drug-likeness (QED) is 0.473. The molecule has 0 saturated heterocycles. The van der Waals surface area contributed by atoms with Crippen LogP contribution in [0.3, 0.4) is 0 Å². The molecule has 0 spiro atoms. The summed E-state index contributed by atoms with van der Waals surface area (Å²) in [5.74, 6) is -0.282. The number of carbonyl (C=O) groups excluding carboxylic acids is 1. The predicted molar refractivity (Wildman–Crippen MR) is 113 cm³/mol. The number of carbonyl (C=O) groups is 1. The highest BCUT2D eigenvalue weighted by molar-refractivity contribution is 7.92. The van der Waals surface area contributed by atoms with Gasteiger partial charge in [0.15, 0.2) is 0 Å². The Morgan fingerprint density at radius 2 is 1.69 bits per heavy atom. The SMILES string of the molecule is O=C(CNc1ccc(S(=O)(=O)Nc2ccccc2C(F)(F)F)cc1)NCc1cccnc1. The Bertz CT molecular complexity index is 1170. The van der Waals surface area contributed by atoms with Crippen LogP contribution in [0.15, 0.2) is 78.0 Å². The molecule has 0 aliphatic carbocycles. The van der Waals surface area contributed by atoms with Crippen LogP contribution in [0, 0.1) is 0 Å². The number of benzene rings is 2. The summed E-state index contributed by atoms with van der Waals surface area (Å²) < 4.78 is 66.3. The summed E-state index contributed by atoms with van der Waals surface area (Å²) in [6.45, 7) is 0.264. The molecule has 0 radical (unpaired) electrons. The average Bonchev–Trinajstić information content (AvgIpc) is 2.76. The first-order chi connectivity index (χ1) is 15.1. The van der Waals surface area contributed by atoms with Gasteiger partial charge in [-0.15, -0.1) is 0 Å². The van der Waals surface area contributed by atoms with Crippen molar-refractivity contribution in [3.05, 3.63) is 84.2 Å². The zero-order valence-electron chi connectivity index (χ0n) is 16.6. The van der Waals surface area contributed by atoms with E-state index < -0.39 is 27.5 Å². The van der Waals surface area contributed by atoms with E-state index in [9.17, 15) is 26.4 Å². The number of pyridine rings is 1. The minimum Gasteiger partial charge on any atom is -0.376 e. The number of para-hydroxylation sites is 1. The second-order valence-electron chi connectivity index (χ2n) is 6.66. The Morgan fingerprint density at radius 1 is 0.969 bits per heavy atom. The third-order valence-corrected chi connectivity index (χ3v) is 5.69. The number of amides is 1. The van der Waals surface area contributed by atoms with Gasteiger partial charge in [-0.3, -0.25) is 14.5 Å². The van der Waals surface area contributed by atoms with Crippen molar-refractivity contribution in [1.82, 2.24) is 10.3 Å². The number of halogens is 3. The fourth-order valence-electron chi connectivity index (χ4n) is 2.72. The summed E-state index contributed by atoms with van der Waals surface area (Å²) in [6.07, 6.45) is -1.44. The van der Waals surface area contributed by atoms with E-state index in [0.717, 1.165) is 17.7 Å². The molecular formula is C21H19F3N4O3S. The Hall–Kier alpha value is -3.60. The molecule has 1 heterocycles. The van der Waals surface area contributed by atoms with Gasteiger partial charge < -0.3 is 10.6 Å². The second kappa shape index (κ2) is 9.69. The van der Waals surface area contributed by atoms with Crippen molar-refractivity contribution in [3.63, 3.8) is 0 Å². The normalized spacial score (nSPS) is 11.6. The molecule has 0 fully saturated rings. The summed E-state index contributed by atoms with van der Waals surface area (Å²) in [6, 6.07) is 13.2. The second-order valence-corrected chi connectivity index (χ2v) is 8.35. The lowest BCUT2D eigenvalue weighted by atomic mass is 10.2. The maximum atomic E-state index is 13.1. The van der Waals surface area contributed by atoms with Crippen LogP contribution in [0.4, 0.5) is 24.5 Å². The number of hydrogen-bond donors (Lipinski definition) is 3. The van der Waals surface area contributed by atoms with Crippen LogP contribution in [-0.4, -0.2) is 25.9 Å². The molecule has 3 aromatic rings. The molecule has 0 saturated carbocycles. The number of anilines is 2. The molecule has 0 bridgehead atoms. The highest BCUT2D eigenvalue weighted by Crippen LogP contribution is 2.35. The third-order valence-electron chi connectivity index (χ3n) is 4.31. The van der Waals surface area contributed by atoms with Gasteiger partial charge in [-0.25, -0.2) is 8.42 Å². The standard InChI is InChI=1S/C21H19F3N4O3S/c22-21(23,24)18-5-1-2-6-19(18)28-32(30,31)17-9-7-16(8-10-17)26-14-20(29)27-13-15-4-3-11-25-12-15/h1-12,26,28H,13-14H2,(H,27,29). The van der Waals surface area contributed by atoms with Crippen molar-refractivity contribution in [1.29, 1.82) is 0 Å². The average molecular weight is 464 g/mol. The van der Waals surface area contributed by atoms with Gasteiger partial charge >= 0.3 is 6.18 Å². The fourth-order valence-corrected chi connectivity index (χ4v) is 3.80. The molecule has 168 valence electrons. The van der Waals surface area contributed by atoms with Crippen molar-refractivity contribution < 1.29 is 26.4 Å². The van der Waals surface area contributed by atoms with E-state index in [1.54, 1.807) is 18.5 Å². The first kappa shape index (κ1) is 23.1. The molecular weight excluding hydrogens is 445 g/mol. The van der Waals surface area contributed by atoms with Gasteiger partial charge in [0.1, 0.15) is 0 Å². The van der Waals surface area contributed by atoms with Crippen LogP contribution < -0.4 is 15.4 Å². The lowest BCUT2D eigenvalue weighted by Crippen LogP contribution is -2.29. The molecule has 3 N–H and O–H groups in total. The fraction of sp³-hybridized carbons (Fsp3) is 0.143. The van der Waals surface area contributed by atoms with E-state index in [2.05, 4.69) is 15.6 Å². The summed E-state index contributed by atoms with van der Waals surface area (Å²) >= 11 is 0. The maximum absolute atomic E-state index is 13.1. The van der Waals surface area contributed by atoms with E-state index in [1.807, 2.05) is 10.8 Å². The van der Waals surface area contributed by atoms with Gasteiger partial charge in [-0.1, -0.05) is 18.2 Å². The molecule has 0 aliphatic heterocycles. The summed E-state index contributed by atoms with van der Waals surface area (Å²) in [5, 5.41) is 5.56. The summed E-state index contributed by atoms with van der Waals surface area (Å²) in [7, 11) is -4.25. The maximum Gasteiger partial charge on any atom is 0.418 e. The minimum atomic E-state index is -4.70. The Morgan fingerprint density at radius 3 is 2.34 bits per heavy atom. The van der Waals surface area contributed by atoms with Gasteiger partial charge in [0.2, 0.25) is 5.91 Å². The lowest BCUT2D eigenvalue weighted by Gasteiger charge is -2.15. The Balaban J connectivity index is 1.59. The van der Waals surface area contributed by atoms with E-state index in [4.69, 9.17) is 0 Å². The highest BCUT2D eigenvalue weighted by atomic mass is 32.2. The first-order valence-electron chi connectivity index (χ1n) is 9.34. The number of sulfonamides is 1. The minimum absolute atomic E-state index is 0.0520. The smallest absolute Gasteiger partial charge is 0.376 e. The molecule has 2 aromatic carbocycles. The van der Waals surface area contributed by atoms with E-state index in [0.29, 0.717) is 12.2 Å². The van der Waals surface area contributed by atoms with Gasteiger partial charge in [0.25, 0.3) is 10.0 Å². The Labute approximate surface area is 182 Å². The van der Waals surface area contributed by atoms with E-state index in [-0.39, 0.29) is 17.3 Å². The van der Waals surface area contributed by atoms with E-state index in [1.165, 1.54) is 36.4 Å². The van der Waals surface area contributed by atoms with Crippen LogP contribution in [-0.2, 0) is 27.5 Å². The molecule has 3 rings (SSSR count). The van der Waals surface area contributed by atoms with Crippen molar-refractivity contribution >= 4 is 27.3 Å². The van der Waals surface area contributed by atoms with Crippen LogP contribution in [0.5, 0.6) is 0 Å². The molecule has 1 amide bonds. The van der Waals surface area contributed by atoms with Crippen molar-refractivity contribution in [2.45, 2.75) is 17.6 Å². The van der Waals surface area contributed by atoms with Gasteiger partial charge in [0.05, 0.1) is 22.7 Å². The van der Waals surface area contributed by atoms with Crippen LogP contribution in [0.2, 0.25) is 0 Å². The van der Waals surface area contributed by atoms with Crippen molar-refractivity contribution in [3.8, 4) is 0 Å². The van der Waals surface area contributed by atoms with Gasteiger partial charge in [-0.05, 0) is 48.0 Å². The number of nitrogens with one attached hydrogen (secondary N) is 3. The van der Waals surface area contributed by atoms with E-state index >= 15 is 0 Å². The largest absolute Gasteiger partial charge is 0.418 e. The molecule has 0 atom stereocenters. The topological polar surface area (TPSA) is 100 Å². The predicted octanol–water partition coefficient (Wildman–Crippen LogP) is 3.63. The number of rotatable bonds is 8. The Kier molecular flexibility index (Phi) is 6.98. The number of alkyl halides is 3. The zero-order chi connectivity index (χ0) is 23.2. The molecule has 0 aliphatic rings. The molecule has 1 aromatic heterocycles. The van der Waals surface area contributed by atoms with Crippen LogP contribution in [0.1, 0.15) is 11.1 Å². The van der Waals surface area contributed by atoms with Crippen LogP contribution >= 0.6 is 0 Å².